The molecule has 0 fully saturated rings. The van der Waals surface area contributed by atoms with Crippen molar-refractivity contribution in [3.05, 3.63) is 64.1 Å². The number of hydrogen-bond donors (Lipinski definition) is 1. The minimum atomic E-state index is 0. The molecule has 0 saturated heterocycles. The minimum absolute atomic E-state index is 0. The Labute approximate surface area is 165 Å². The summed E-state index contributed by atoms with van der Waals surface area (Å²) in [4.78, 5) is 4.41. The number of aliphatic hydroxyl groups excluding tert-OH is 1. The summed E-state index contributed by atoms with van der Waals surface area (Å²) < 4.78 is 2.43. The molecule has 3 nitrogen and oxygen atoms in total. The predicted octanol–water partition coefficient (Wildman–Crippen LogP) is 4.76. The fourth-order valence-corrected chi connectivity index (χ4v) is 4.16. The van der Waals surface area contributed by atoms with Crippen LogP contribution in [0.3, 0.4) is 0 Å². The molecule has 1 N–H and O–H groups in total. The zero-order chi connectivity index (χ0) is 17.4. The Morgan fingerprint density at radius 2 is 2.12 bits per heavy atom. The maximum atomic E-state index is 9.62. The number of benzene rings is 1. The van der Waals surface area contributed by atoms with E-state index in [1.807, 2.05) is 19.2 Å². The number of nitrogens with zero attached hydrogens (tertiary/aromatic N) is 2. The summed E-state index contributed by atoms with van der Waals surface area (Å²) in [5, 5.41) is 11.7. The second-order valence-electron chi connectivity index (χ2n) is 7.09. The molecule has 1 unspecified atom stereocenters. The van der Waals surface area contributed by atoms with E-state index in [9.17, 15) is 5.11 Å². The number of aromatic nitrogens is 2. The fourth-order valence-electron chi connectivity index (χ4n) is 3.98. The Hall–Kier alpha value is -1.55. The second-order valence-corrected chi connectivity index (χ2v) is 7.52. The molecule has 5 heteroatoms. The quantitative estimate of drug-likeness (QED) is 0.697. The van der Waals surface area contributed by atoms with Crippen LogP contribution in [0.1, 0.15) is 28.9 Å². The third-order valence-electron chi connectivity index (χ3n) is 5.39. The van der Waals surface area contributed by atoms with Crippen LogP contribution in [0, 0.1) is 12.8 Å². The van der Waals surface area contributed by atoms with Crippen LogP contribution in [0.4, 0.5) is 0 Å². The Morgan fingerprint density at radius 3 is 2.85 bits per heavy atom. The van der Waals surface area contributed by atoms with Gasteiger partial charge in [0.15, 0.2) is 0 Å². The SMILES string of the molecule is Cc1ccc(CCn2c3c(c4cc(Cl)ccc42)CCC(CO)C3)cn1.Cl. The molecule has 0 aliphatic heterocycles. The van der Waals surface area contributed by atoms with Crippen LogP contribution < -0.4 is 0 Å². The molecule has 26 heavy (non-hydrogen) atoms. The summed E-state index contributed by atoms with van der Waals surface area (Å²) in [6, 6.07) is 10.4. The van der Waals surface area contributed by atoms with Gasteiger partial charge in [0.05, 0.1) is 0 Å². The Balaban J connectivity index is 0.00000196. The van der Waals surface area contributed by atoms with Gasteiger partial charge >= 0.3 is 0 Å². The maximum Gasteiger partial charge on any atom is 0.0486 e. The van der Waals surface area contributed by atoms with Gasteiger partial charge in [-0.25, -0.2) is 0 Å². The largest absolute Gasteiger partial charge is 0.396 e. The van der Waals surface area contributed by atoms with Crippen molar-refractivity contribution in [2.45, 2.75) is 39.2 Å². The smallest absolute Gasteiger partial charge is 0.0486 e. The van der Waals surface area contributed by atoms with E-state index >= 15 is 0 Å². The van der Waals surface area contributed by atoms with Crippen LogP contribution in [0.5, 0.6) is 0 Å². The summed E-state index contributed by atoms with van der Waals surface area (Å²) in [7, 11) is 0. The summed E-state index contributed by atoms with van der Waals surface area (Å²) in [6.07, 6.45) is 5.95. The minimum Gasteiger partial charge on any atom is -0.396 e. The van der Waals surface area contributed by atoms with Gasteiger partial charge in [0.25, 0.3) is 0 Å². The highest BCUT2D eigenvalue weighted by atomic mass is 35.5. The molecule has 0 spiro atoms. The highest BCUT2D eigenvalue weighted by molar-refractivity contribution is 6.31. The molecular weight excluding hydrogens is 367 g/mol. The second kappa shape index (κ2) is 7.99. The highest BCUT2D eigenvalue weighted by Gasteiger charge is 2.25. The Bertz CT molecular complexity index is 903. The number of aryl methyl sites for hydroxylation is 4. The molecule has 1 aromatic carbocycles. The van der Waals surface area contributed by atoms with Crippen LogP contribution in [0.25, 0.3) is 10.9 Å². The average molecular weight is 391 g/mol. The number of aliphatic hydroxyl groups is 1. The Morgan fingerprint density at radius 1 is 1.27 bits per heavy atom. The first-order valence-corrected chi connectivity index (χ1v) is 9.35. The first-order chi connectivity index (χ1) is 12.2. The molecular formula is C21H24Cl2N2O. The van der Waals surface area contributed by atoms with E-state index in [1.165, 1.54) is 27.7 Å². The van der Waals surface area contributed by atoms with Gasteiger partial charge in [-0.2, -0.15) is 0 Å². The van der Waals surface area contributed by atoms with Gasteiger partial charge in [0, 0.05) is 46.7 Å². The lowest BCUT2D eigenvalue weighted by Gasteiger charge is -2.23. The van der Waals surface area contributed by atoms with Gasteiger partial charge < -0.3 is 9.67 Å². The standard InChI is InChI=1S/C21H23ClN2O.ClH/c1-14-2-3-15(12-23-14)8-9-24-20-7-5-17(22)11-19(20)18-6-4-16(13-25)10-21(18)24;/h2-3,5,7,11-12,16,25H,4,6,8-10,13H2,1H3;1H. The number of rotatable bonds is 4. The van der Waals surface area contributed by atoms with E-state index < -0.39 is 0 Å². The normalized spacial score (nSPS) is 16.3. The zero-order valence-electron chi connectivity index (χ0n) is 14.9. The summed E-state index contributed by atoms with van der Waals surface area (Å²) in [6.45, 7) is 3.21. The summed E-state index contributed by atoms with van der Waals surface area (Å²) >= 11 is 6.26. The number of pyridine rings is 1. The molecule has 1 aliphatic carbocycles. The zero-order valence-corrected chi connectivity index (χ0v) is 16.5. The van der Waals surface area contributed by atoms with Crippen LogP contribution in [-0.4, -0.2) is 21.3 Å². The molecule has 2 heterocycles. The molecule has 1 aliphatic rings. The summed E-state index contributed by atoms with van der Waals surface area (Å²) in [5.74, 6) is 0.368. The lowest BCUT2D eigenvalue weighted by Crippen LogP contribution is -2.20. The van der Waals surface area contributed by atoms with Crippen LogP contribution in [0.2, 0.25) is 5.02 Å². The van der Waals surface area contributed by atoms with Gasteiger partial charge in [0.2, 0.25) is 0 Å². The van der Waals surface area contributed by atoms with Gasteiger partial charge in [-0.3, -0.25) is 4.98 Å². The van der Waals surface area contributed by atoms with E-state index in [2.05, 4.69) is 33.8 Å². The van der Waals surface area contributed by atoms with Gasteiger partial charge in [-0.1, -0.05) is 17.7 Å². The first-order valence-electron chi connectivity index (χ1n) is 8.97. The number of fused-ring (bicyclic) bond motifs is 3. The van der Waals surface area contributed by atoms with Crippen molar-refractivity contribution in [2.75, 3.05) is 6.61 Å². The molecule has 0 amide bonds. The number of halogens is 2. The van der Waals surface area contributed by atoms with Crippen molar-refractivity contribution in [1.29, 1.82) is 0 Å². The van der Waals surface area contributed by atoms with Gasteiger partial charge in [-0.05, 0) is 73.9 Å². The van der Waals surface area contributed by atoms with Crippen molar-refractivity contribution in [3.8, 4) is 0 Å². The molecule has 1 atom stereocenters. The molecule has 3 aromatic rings. The van der Waals surface area contributed by atoms with Crippen LogP contribution >= 0.6 is 24.0 Å². The average Bonchev–Trinajstić information content (AvgIpc) is 2.93. The van der Waals surface area contributed by atoms with Crippen LogP contribution in [-0.2, 0) is 25.8 Å². The lowest BCUT2D eigenvalue weighted by atomic mass is 9.87. The lowest BCUT2D eigenvalue weighted by molar-refractivity contribution is 0.211. The van der Waals surface area contributed by atoms with Gasteiger partial charge in [-0.15, -0.1) is 12.4 Å². The molecule has 2 aromatic heterocycles. The van der Waals surface area contributed by atoms with Crippen molar-refractivity contribution in [1.82, 2.24) is 9.55 Å². The summed E-state index contributed by atoms with van der Waals surface area (Å²) in [5.41, 5.74) is 6.36. The third kappa shape index (κ3) is 3.62. The molecule has 0 saturated carbocycles. The van der Waals surface area contributed by atoms with E-state index in [4.69, 9.17) is 11.6 Å². The highest BCUT2D eigenvalue weighted by Crippen LogP contribution is 2.35. The van der Waals surface area contributed by atoms with Crippen molar-refractivity contribution in [3.63, 3.8) is 0 Å². The van der Waals surface area contributed by atoms with Crippen molar-refractivity contribution < 1.29 is 5.11 Å². The predicted molar refractivity (Wildman–Crippen MR) is 109 cm³/mol. The van der Waals surface area contributed by atoms with Crippen molar-refractivity contribution in [2.24, 2.45) is 5.92 Å². The molecule has 0 bridgehead atoms. The van der Waals surface area contributed by atoms with E-state index in [-0.39, 0.29) is 19.0 Å². The fraction of sp³-hybridized carbons (Fsp3) is 0.381. The molecule has 4 rings (SSSR count). The maximum absolute atomic E-state index is 9.62. The number of hydrogen-bond acceptors (Lipinski definition) is 2. The van der Waals surface area contributed by atoms with Crippen molar-refractivity contribution >= 4 is 34.9 Å². The van der Waals surface area contributed by atoms with E-state index in [1.54, 1.807) is 0 Å². The molecule has 0 radical (unpaired) electrons. The van der Waals surface area contributed by atoms with E-state index in [0.29, 0.717) is 5.92 Å². The van der Waals surface area contributed by atoms with E-state index in [0.717, 1.165) is 42.9 Å². The topological polar surface area (TPSA) is 38.0 Å². The first kappa shape index (κ1) is 19.2. The Kier molecular flexibility index (Phi) is 5.91. The van der Waals surface area contributed by atoms with Gasteiger partial charge in [0.1, 0.15) is 0 Å². The molecule has 138 valence electrons. The third-order valence-corrected chi connectivity index (χ3v) is 5.62. The van der Waals surface area contributed by atoms with Crippen LogP contribution in [0.15, 0.2) is 36.5 Å². The monoisotopic (exact) mass is 390 g/mol.